The van der Waals surface area contributed by atoms with Gasteiger partial charge in [-0.3, -0.25) is 4.79 Å². The molecule has 0 amide bonds. The average molecular weight is 550 g/mol. The molecule has 0 unspecified atom stereocenters. The zero-order valence-corrected chi connectivity index (χ0v) is 25.6. The van der Waals surface area contributed by atoms with Crippen LogP contribution in [0.1, 0.15) is 120 Å². The Kier molecular flexibility index (Phi) is 6.43. The van der Waals surface area contributed by atoms with Gasteiger partial charge in [0, 0.05) is 5.41 Å². The van der Waals surface area contributed by atoms with Gasteiger partial charge in [0.05, 0.1) is 0 Å². The second kappa shape index (κ2) is 8.47. The highest BCUT2D eigenvalue weighted by atomic mass is 79.9. The number of carbonyl (C=O) groups excluding carboxylic acids is 1. The van der Waals surface area contributed by atoms with Gasteiger partial charge in [0.2, 0.25) is 0 Å². The molecule has 0 aromatic carbocycles. The lowest BCUT2D eigenvalue weighted by Gasteiger charge is -2.73. The first-order valence-electron chi connectivity index (χ1n) is 15.0. The minimum atomic E-state index is -0.0955. The van der Waals surface area contributed by atoms with Crippen LogP contribution in [0.3, 0.4) is 0 Å². The molecule has 0 N–H and O–H groups in total. The molecule has 35 heavy (non-hydrogen) atoms. The lowest BCUT2D eigenvalue weighted by atomic mass is 9.32. The SMILES string of the molecule is CC(C)[C@@H]1CC[C@]2(C)CC[C@]3(C)[C@H](CC[C@@H]4[C@]5(C)CC[C@@H](OC(=O)CBr)C(C)(C)[C@@H]5CC[C@@]43C)[C@@H]12. The van der Waals surface area contributed by atoms with E-state index in [2.05, 4.69) is 71.3 Å². The van der Waals surface area contributed by atoms with E-state index in [1.54, 1.807) is 0 Å². The highest BCUT2D eigenvalue weighted by Gasteiger charge is 2.70. The van der Waals surface area contributed by atoms with E-state index in [0.29, 0.717) is 32.9 Å². The first kappa shape index (κ1) is 26.6. The normalized spacial score (nSPS) is 52.7. The van der Waals surface area contributed by atoms with Crippen molar-refractivity contribution in [1.29, 1.82) is 0 Å². The van der Waals surface area contributed by atoms with E-state index in [-0.39, 0.29) is 17.5 Å². The molecule has 5 aliphatic carbocycles. The van der Waals surface area contributed by atoms with E-state index in [1.165, 1.54) is 57.8 Å². The largest absolute Gasteiger partial charge is 0.461 e. The summed E-state index contributed by atoms with van der Waals surface area (Å²) >= 11 is 3.31. The van der Waals surface area contributed by atoms with E-state index < -0.39 is 0 Å². The Bertz CT molecular complexity index is 851. The van der Waals surface area contributed by atoms with Crippen LogP contribution in [-0.4, -0.2) is 17.4 Å². The van der Waals surface area contributed by atoms with E-state index >= 15 is 0 Å². The molecular formula is C32H53BrO2. The molecular weight excluding hydrogens is 496 g/mol. The second-order valence-corrected chi connectivity index (χ2v) is 16.3. The average Bonchev–Trinajstić information content (AvgIpc) is 3.14. The van der Waals surface area contributed by atoms with Crippen molar-refractivity contribution in [2.75, 3.05) is 5.33 Å². The van der Waals surface area contributed by atoms with Crippen LogP contribution in [-0.2, 0) is 9.53 Å². The number of fused-ring (bicyclic) bond motifs is 7. The van der Waals surface area contributed by atoms with Gasteiger partial charge in [-0.1, -0.05) is 71.3 Å². The molecule has 0 bridgehead atoms. The summed E-state index contributed by atoms with van der Waals surface area (Å²) in [6.45, 7) is 20.7. The number of carbonyl (C=O) groups is 1. The highest BCUT2D eigenvalue weighted by Crippen LogP contribution is 2.77. The molecule has 0 aliphatic heterocycles. The van der Waals surface area contributed by atoms with Crippen molar-refractivity contribution in [2.45, 2.75) is 126 Å². The predicted molar refractivity (Wildman–Crippen MR) is 148 cm³/mol. The van der Waals surface area contributed by atoms with Gasteiger partial charge in [-0.05, 0) is 121 Å². The summed E-state index contributed by atoms with van der Waals surface area (Å²) in [5.74, 6) is 4.92. The third-order valence-electron chi connectivity index (χ3n) is 14.1. The van der Waals surface area contributed by atoms with E-state index in [1.807, 2.05) is 0 Å². The lowest BCUT2D eigenvalue weighted by molar-refractivity contribution is -0.250. The molecule has 2 nitrogen and oxygen atoms in total. The molecule has 0 aromatic rings. The molecule has 0 aromatic heterocycles. The Balaban J connectivity index is 1.47. The zero-order valence-electron chi connectivity index (χ0n) is 24.0. The molecule has 5 rings (SSSR count). The maximum Gasteiger partial charge on any atom is 0.316 e. The van der Waals surface area contributed by atoms with Crippen LogP contribution < -0.4 is 0 Å². The van der Waals surface area contributed by atoms with Crippen LogP contribution in [0, 0.1) is 62.6 Å². The van der Waals surface area contributed by atoms with Crippen molar-refractivity contribution in [2.24, 2.45) is 62.6 Å². The van der Waals surface area contributed by atoms with Gasteiger partial charge >= 0.3 is 5.97 Å². The monoisotopic (exact) mass is 548 g/mol. The summed E-state index contributed by atoms with van der Waals surface area (Å²) in [6, 6.07) is 0. The first-order chi connectivity index (χ1) is 16.2. The maximum absolute atomic E-state index is 12.2. The van der Waals surface area contributed by atoms with Gasteiger partial charge in [-0.2, -0.15) is 0 Å². The molecule has 3 heteroatoms. The fraction of sp³-hybridized carbons (Fsp3) is 0.969. The molecule has 0 spiro atoms. The molecule has 0 heterocycles. The summed E-state index contributed by atoms with van der Waals surface area (Å²) in [5.41, 5.74) is 1.89. The van der Waals surface area contributed by atoms with Crippen LogP contribution in [0.4, 0.5) is 0 Å². The van der Waals surface area contributed by atoms with Gasteiger partial charge in [-0.25, -0.2) is 0 Å². The Labute approximate surface area is 224 Å². The minimum Gasteiger partial charge on any atom is -0.461 e. The van der Waals surface area contributed by atoms with Crippen molar-refractivity contribution in [3.63, 3.8) is 0 Å². The number of alkyl halides is 1. The van der Waals surface area contributed by atoms with Gasteiger partial charge in [0.25, 0.3) is 0 Å². The van der Waals surface area contributed by atoms with Crippen molar-refractivity contribution < 1.29 is 9.53 Å². The number of ether oxygens (including phenoxy) is 1. The van der Waals surface area contributed by atoms with Crippen molar-refractivity contribution in [3.8, 4) is 0 Å². The Morgan fingerprint density at radius 1 is 0.829 bits per heavy atom. The van der Waals surface area contributed by atoms with E-state index in [0.717, 1.165) is 36.0 Å². The van der Waals surface area contributed by atoms with E-state index in [4.69, 9.17) is 4.74 Å². The van der Waals surface area contributed by atoms with Crippen molar-refractivity contribution in [1.82, 2.24) is 0 Å². The van der Waals surface area contributed by atoms with E-state index in [9.17, 15) is 4.79 Å². The fourth-order valence-electron chi connectivity index (χ4n) is 12.1. The third-order valence-corrected chi connectivity index (χ3v) is 14.5. The summed E-state index contributed by atoms with van der Waals surface area (Å²) < 4.78 is 6.02. The Morgan fingerprint density at radius 2 is 1.54 bits per heavy atom. The number of esters is 1. The predicted octanol–water partition coefficient (Wildman–Crippen LogP) is 9.05. The van der Waals surface area contributed by atoms with Crippen LogP contribution >= 0.6 is 15.9 Å². The minimum absolute atomic E-state index is 0.0449. The summed E-state index contributed by atoms with van der Waals surface area (Å²) in [4.78, 5) is 12.2. The summed E-state index contributed by atoms with van der Waals surface area (Å²) in [7, 11) is 0. The third kappa shape index (κ3) is 3.54. The quantitative estimate of drug-likeness (QED) is 0.259. The number of rotatable bonds is 3. The number of hydrogen-bond donors (Lipinski definition) is 0. The summed E-state index contributed by atoms with van der Waals surface area (Å²) in [6.07, 6.45) is 13.7. The molecule has 0 radical (unpaired) electrons. The van der Waals surface area contributed by atoms with Crippen molar-refractivity contribution in [3.05, 3.63) is 0 Å². The topological polar surface area (TPSA) is 26.3 Å². The highest BCUT2D eigenvalue weighted by molar-refractivity contribution is 9.09. The smallest absolute Gasteiger partial charge is 0.316 e. The fourth-order valence-corrected chi connectivity index (χ4v) is 12.3. The maximum atomic E-state index is 12.2. The van der Waals surface area contributed by atoms with Crippen molar-refractivity contribution >= 4 is 21.9 Å². The molecule has 10 atom stereocenters. The molecule has 5 saturated carbocycles. The van der Waals surface area contributed by atoms with Gasteiger partial charge < -0.3 is 4.74 Å². The van der Waals surface area contributed by atoms with Gasteiger partial charge in [0.15, 0.2) is 0 Å². The molecule has 5 aliphatic rings. The first-order valence-corrected chi connectivity index (χ1v) is 16.1. The Hall–Kier alpha value is -0.0500. The van der Waals surface area contributed by atoms with Crippen LogP contribution in [0.2, 0.25) is 0 Å². The van der Waals surface area contributed by atoms with Gasteiger partial charge in [-0.15, -0.1) is 0 Å². The number of halogens is 1. The lowest BCUT2D eigenvalue weighted by Crippen LogP contribution is -2.66. The molecule has 200 valence electrons. The van der Waals surface area contributed by atoms with Crippen LogP contribution in [0.15, 0.2) is 0 Å². The summed E-state index contributed by atoms with van der Waals surface area (Å²) in [5, 5.41) is 0.305. The Morgan fingerprint density at radius 3 is 2.20 bits per heavy atom. The standard InChI is InChI=1S/C32H53BrO2/c1-20(2)21-11-14-29(5)17-18-31(7)22(27(21)29)9-10-24-30(6)15-13-25(35-26(34)19-33)28(3,4)23(30)12-16-32(24,31)8/h20-25,27H,9-19H2,1-8H3/t21-,22+,23-,24+,25+,27+,29+,30+,31+,32-/m0/s1. The van der Waals surface area contributed by atoms with Crippen LogP contribution in [0.5, 0.6) is 0 Å². The van der Waals surface area contributed by atoms with Crippen LogP contribution in [0.25, 0.3) is 0 Å². The molecule has 0 saturated heterocycles. The van der Waals surface area contributed by atoms with Gasteiger partial charge in [0.1, 0.15) is 11.4 Å². The molecule has 5 fully saturated rings. The second-order valence-electron chi connectivity index (χ2n) is 15.8. The number of hydrogen-bond acceptors (Lipinski definition) is 2. The zero-order chi connectivity index (χ0) is 25.6.